The zero-order valence-corrected chi connectivity index (χ0v) is 7.99. The molecule has 0 unspecified atom stereocenters. The van der Waals surface area contributed by atoms with Gasteiger partial charge in [-0.1, -0.05) is 0 Å². The zero-order valence-electron chi connectivity index (χ0n) is 7.99. The summed E-state index contributed by atoms with van der Waals surface area (Å²) in [4.78, 5) is 10.1. The van der Waals surface area contributed by atoms with Gasteiger partial charge in [0.25, 0.3) is 0 Å². The van der Waals surface area contributed by atoms with E-state index in [-0.39, 0.29) is 24.8 Å². The summed E-state index contributed by atoms with van der Waals surface area (Å²) >= 11 is 0. The third-order valence-corrected chi connectivity index (χ3v) is 1.34. The van der Waals surface area contributed by atoms with Crippen LogP contribution >= 0.6 is 0 Å². The second kappa shape index (κ2) is 9.43. The van der Waals surface area contributed by atoms with E-state index in [9.17, 15) is 15.2 Å². The molecule has 0 aliphatic heterocycles. The van der Waals surface area contributed by atoms with Gasteiger partial charge in [-0.05, 0) is 12.8 Å². The molecule has 0 aromatic carbocycles. The second-order valence-corrected chi connectivity index (χ2v) is 2.29. The molecule has 0 spiro atoms. The van der Waals surface area contributed by atoms with E-state index in [0.29, 0.717) is 25.7 Å². The molecule has 0 aliphatic rings. The Kier molecular flexibility index (Phi) is 10.8. The van der Waals surface area contributed by atoms with Crippen molar-refractivity contribution in [3.8, 4) is 0 Å². The maximum Gasteiger partial charge on any atom is 1.00 e. The first-order valence-electron chi connectivity index (χ1n) is 3.70. The molecule has 0 N–H and O–H groups in total. The number of hydrogen-bond acceptors (Lipinski definition) is 4. The second-order valence-electron chi connectivity index (χ2n) is 2.29. The Morgan fingerprint density at radius 1 is 1.46 bits per heavy atom. The molecule has 0 rings (SSSR count). The normalized spacial score (nSPS) is 8.38. The molecule has 0 radical (unpaired) electrons. The molecular formula is C7H12LiNO4. The molecule has 70 valence electrons. The number of esters is 1. The Hall–Kier alpha value is -0.663. The average molecular weight is 181 g/mol. The summed E-state index contributed by atoms with van der Waals surface area (Å²) in [5.74, 6) is -0.267. The van der Waals surface area contributed by atoms with E-state index in [1.807, 2.05) is 0 Å². The van der Waals surface area contributed by atoms with Crippen LogP contribution in [0.3, 0.4) is 0 Å². The minimum atomic E-state index is -0.474. The van der Waals surface area contributed by atoms with Crippen molar-refractivity contribution in [1.82, 2.24) is 0 Å². The summed E-state index contributed by atoms with van der Waals surface area (Å²) < 4.78 is 4.39. The number of methoxy groups -OCH3 is 1. The van der Waals surface area contributed by atoms with E-state index >= 15 is 0 Å². The van der Waals surface area contributed by atoms with Gasteiger partial charge in [-0.15, -0.1) is 0 Å². The van der Waals surface area contributed by atoms with Gasteiger partial charge in [0, 0.05) is 12.8 Å². The topological polar surface area (TPSA) is 75.4 Å². The van der Waals surface area contributed by atoms with Crippen molar-refractivity contribution in [3.05, 3.63) is 10.4 Å². The largest absolute Gasteiger partial charge is 1.00 e. The molecular weight excluding hydrogens is 169 g/mol. The predicted octanol–water partition coefficient (Wildman–Crippen LogP) is -2.20. The fraction of sp³-hybridized carbons (Fsp3) is 0.714. The van der Waals surface area contributed by atoms with Crippen LogP contribution in [-0.2, 0) is 9.53 Å². The van der Waals surface area contributed by atoms with Crippen molar-refractivity contribution < 1.29 is 33.3 Å². The Morgan fingerprint density at radius 2 is 2.08 bits per heavy atom. The number of hydrogen-bond donors (Lipinski definition) is 0. The van der Waals surface area contributed by atoms with Crippen LogP contribution in [0.2, 0.25) is 0 Å². The Bertz CT molecular complexity index is 168. The Labute approximate surface area is 89.1 Å². The number of carbonyl (C=O) groups is 1. The maximum atomic E-state index is 10.5. The van der Waals surface area contributed by atoms with Gasteiger partial charge in [-0.2, -0.15) is 4.90 Å². The third kappa shape index (κ3) is 11.3. The summed E-state index contributed by atoms with van der Waals surface area (Å²) in [6.07, 6.45) is 3.02. The van der Waals surface area contributed by atoms with Crippen molar-refractivity contribution in [3.63, 3.8) is 0 Å². The molecule has 13 heavy (non-hydrogen) atoms. The summed E-state index contributed by atoms with van der Waals surface area (Å²) in [6, 6.07) is 0. The number of rotatable bonds is 5. The van der Waals surface area contributed by atoms with E-state index in [0.717, 1.165) is 6.21 Å². The van der Waals surface area contributed by atoms with Gasteiger partial charge in [-0.3, -0.25) is 4.79 Å². The first kappa shape index (κ1) is 14.8. The molecule has 0 aliphatic carbocycles. The standard InChI is InChI=1S/C7H12NO4.Li/c1-12-7(9)5-3-2-4-6-8(10)11;/h6H,2-5H2,1H3;/q-1;+1. The van der Waals surface area contributed by atoms with Gasteiger partial charge < -0.3 is 15.2 Å². The molecule has 6 heteroatoms. The van der Waals surface area contributed by atoms with E-state index in [2.05, 4.69) is 4.74 Å². The van der Waals surface area contributed by atoms with Crippen LogP contribution in [0.1, 0.15) is 25.7 Å². The van der Waals surface area contributed by atoms with Gasteiger partial charge in [0.15, 0.2) is 6.21 Å². The molecule has 0 atom stereocenters. The SMILES string of the molecule is COC(=O)CCCCC=[N+]([O-])[O-].[Li+]. The first-order valence-corrected chi connectivity index (χ1v) is 3.70. The minimum Gasteiger partial charge on any atom is -0.613 e. The van der Waals surface area contributed by atoms with E-state index in [4.69, 9.17) is 0 Å². The smallest absolute Gasteiger partial charge is 0.613 e. The van der Waals surface area contributed by atoms with Crippen LogP contribution in [0.5, 0.6) is 0 Å². The van der Waals surface area contributed by atoms with E-state index < -0.39 is 4.90 Å². The number of carbonyl (C=O) groups excluding carboxylic acids is 1. The molecule has 0 saturated heterocycles. The van der Waals surface area contributed by atoms with Crippen LogP contribution in [0.15, 0.2) is 0 Å². The summed E-state index contributed by atoms with van der Waals surface area (Å²) in [5, 5.41) is 19.6. The fourth-order valence-corrected chi connectivity index (χ4v) is 0.712. The van der Waals surface area contributed by atoms with Gasteiger partial charge in [0.2, 0.25) is 0 Å². The molecule has 0 bridgehead atoms. The summed E-state index contributed by atoms with van der Waals surface area (Å²) in [6.45, 7) is 0. The third-order valence-electron chi connectivity index (χ3n) is 1.34. The van der Waals surface area contributed by atoms with Crippen molar-refractivity contribution in [2.24, 2.45) is 0 Å². The van der Waals surface area contributed by atoms with Crippen LogP contribution in [-0.4, -0.2) is 24.2 Å². The number of unbranched alkanes of at least 4 members (excludes halogenated alkanes) is 2. The van der Waals surface area contributed by atoms with Crippen molar-refractivity contribution in [1.29, 1.82) is 0 Å². The van der Waals surface area contributed by atoms with Crippen LogP contribution in [0.4, 0.5) is 0 Å². The van der Waals surface area contributed by atoms with Crippen molar-refractivity contribution in [2.75, 3.05) is 7.11 Å². The van der Waals surface area contributed by atoms with Crippen LogP contribution in [0, 0.1) is 10.4 Å². The number of nitrogens with zero attached hydrogens (tertiary/aromatic N) is 1. The van der Waals surface area contributed by atoms with Crippen LogP contribution in [0.25, 0.3) is 0 Å². The van der Waals surface area contributed by atoms with E-state index in [1.54, 1.807) is 0 Å². The minimum absolute atomic E-state index is 0. The Balaban J connectivity index is 0. The molecule has 0 fully saturated rings. The predicted molar refractivity (Wildman–Crippen MR) is 43.5 cm³/mol. The first-order chi connectivity index (χ1) is 5.66. The van der Waals surface area contributed by atoms with Gasteiger partial charge in [0.1, 0.15) is 0 Å². The summed E-state index contributed by atoms with van der Waals surface area (Å²) in [5.41, 5.74) is 0. The molecule has 0 saturated carbocycles. The fourth-order valence-electron chi connectivity index (χ4n) is 0.712. The van der Waals surface area contributed by atoms with Crippen LogP contribution < -0.4 is 18.9 Å². The molecule has 5 nitrogen and oxygen atoms in total. The molecule has 0 heterocycles. The molecule has 0 aromatic rings. The molecule has 0 amide bonds. The monoisotopic (exact) mass is 181 g/mol. The zero-order chi connectivity index (χ0) is 9.40. The van der Waals surface area contributed by atoms with Crippen molar-refractivity contribution >= 4 is 12.2 Å². The van der Waals surface area contributed by atoms with Gasteiger partial charge in [0.05, 0.1) is 7.11 Å². The van der Waals surface area contributed by atoms with Crippen molar-refractivity contribution in [2.45, 2.75) is 25.7 Å². The average Bonchev–Trinajstić information content (AvgIpc) is 2.03. The quantitative estimate of drug-likeness (QED) is 0.120. The number of ether oxygens (including phenoxy) is 1. The summed E-state index contributed by atoms with van der Waals surface area (Å²) in [7, 11) is 1.32. The Morgan fingerprint density at radius 3 is 2.54 bits per heavy atom. The van der Waals surface area contributed by atoms with E-state index in [1.165, 1.54) is 7.11 Å². The maximum absolute atomic E-state index is 10.5. The molecule has 0 aromatic heterocycles. The van der Waals surface area contributed by atoms with Gasteiger partial charge in [-0.25, -0.2) is 0 Å². The van der Waals surface area contributed by atoms with Gasteiger partial charge >= 0.3 is 24.8 Å².